The lowest BCUT2D eigenvalue weighted by molar-refractivity contribution is 0.0268. The highest BCUT2D eigenvalue weighted by molar-refractivity contribution is 7.92. The fraction of sp³-hybridized carbons (Fsp3) is 0.268. The first-order chi connectivity index (χ1) is 27.5. The number of methoxy groups -OCH3 is 2. The third-order valence-corrected chi connectivity index (χ3v) is 8.71. The maximum Gasteiger partial charge on any atom is 0.323 e. The standard InChI is InChI=1S/C41H45N7O8S/c1-7-29-24-30(28(3)42-16-17-54-20-21-55-19-18-52-4)26-31(25-29)44-40-43-15-14-38(47-40)56-37-13-12-34(32-10-8-9-11-33(32)37)45-41(49)46-35-22-27(2)23-36(39(35)53-5)48-57(6,50)51/h1,8-15,22-26,48H,16-21H2,2-6H3,(H,43,44,47)(H2,45,46,49). The Morgan fingerprint density at radius 2 is 1.60 bits per heavy atom. The predicted octanol–water partition coefficient (Wildman–Crippen LogP) is 6.97. The SMILES string of the molecule is C#Cc1cc(Nc2nccc(Oc3ccc(NC(=O)Nc4cc(C)cc(NS(C)(=O)=O)c4OC)c4ccccc34)n2)cc(C(C)=NCCOCCOCCOC)c1. The zero-order valence-corrected chi connectivity index (χ0v) is 33.2. The molecule has 0 bridgehead atoms. The van der Waals surface area contributed by atoms with Crippen molar-refractivity contribution in [1.82, 2.24) is 9.97 Å². The fourth-order valence-electron chi connectivity index (χ4n) is 5.63. The molecule has 0 fully saturated rings. The van der Waals surface area contributed by atoms with Gasteiger partial charge in [0.1, 0.15) is 5.75 Å². The zero-order chi connectivity index (χ0) is 40.8. The van der Waals surface area contributed by atoms with E-state index in [1.807, 2.05) is 49.4 Å². The average molecular weight is 796 g/mol. The van der Waals surface area contributed by atoms with Crippen molar-refractivity contribution in [1.29, 1.82) is 0 Å². The summed E-state index contributed by atoms with van der Waals surface area (Å²) in [6, 6.07) is 20.8. The van der Waals surface area contributed by atoms with Gasteiger partial charge in [0, 0.05) is 47.1 Å². The largest absolute Gasteiger partial charge is 0.492 e. The van der Waals surface area contributed by atoms with Crippen LogP contribution in [0.4, 0.5) is 33.5 Å². The second-order valence-corrected chi connectivity index (χ2v) is 14.3. The Labute approximate surface area is 332 Å². The first-order valence-electron chi connectivity index (χ1n) is 17.8. The molecule has 5 rings (SSSR count). The molecule has 0 saturated heterocycles. The Kier molecular flexibility index (Phi) is 14.8. The number of aryl methyl sites for hydroxylation is 1. The van der Waals surface area contributed by atoms with Crippen molar-refractivity contribution in [2.45, 2.75) is 13.8 Å². The fourth-order valence-corrected chi connectivity index (χ4v) is 6.18. The van der Waals surface area contributed by atoms with Crippen molar-refractivity contribution in [3.05, 3.63) is 95.7 Å². The number of sulfonamides is 1. The maximum atomic E-state index is 13.3. The highest BCUT2D eigenvalue weighted by Gasteiger charge is 2.17. The zero-order valence-electron chi connectivity index (χ0n) is 32.3. The van der Waals surface area contributed by atoms with E-state index >= 15 is 0 Å². The summed E-state index contributed by atoms with van der Waals surface area (Å²) in [5.41, 5.74) is 4.63. The molecular formula is C41H45N7O8S. The van der Waals surface area contributed by atoms with Crippen LogP contribution in [-0.4, -0.2) is 90.2 Å². The number of aliphatic imine (C=N–C) groups is 1. The number of carbonyl (C=O) groups is 1. The molecule has 1 heterocycles. The van der Waals surface area contributed by atoms with Gasteiger partial charge in [-0.2, -0.15) is 4.98 Å². The van der Waals surface area contributed by atoms with Crippen molar-refractivity contribution in [2.24, 2.45) is 4.99 Å². The number of hydrogen-bond donors (Lipinski definition) is 4. The van der Waals surface area contributed by atoms with Gasteiger partial charge in [0.05, 0.1) is 70.0 Å². The minimum absolute atomic E-state index is 0.162. The summed E-state index contributed by atoms with van der Waals surface area (Å²) in [5.74, 6) is 3.90. The van der Waals surface area contributed by atoms with Crippen LogP contribution >= 0.6 is 0 Å². The van der Waals surface area contributed by atoms with E-state index in [9.17, 15) is 13.2 Å². The van der Waals surface area contributed by atoms with Crippen LogP contribution in [0.1, 0.15) is 23.6 Å². The molecule has 2 amide bonds. The van der Waals surface area contributed by atoms with Gasteiger partial charge >= 0.3 is 6.03 Å². The molecule has 0 aliphatic heterocycles. The van der Waals surface area contributed by atoms with Gasteiger partial charge in [0.25, 0.3) is 0 Å². The molecule has 0 radical (unpaired) electrons. The second-order valence-electron chi connectivity index (χ2n) is 12.6. The van der Waals surface area contributed by atoms with Crippen LogP contribution in [0.25, 0.3) is 10.8 Å². The lowest BCUT2D eigenvalue weighted by Gasteiger charge is -2.17. The minimum atomic E-state index is -3.60. The maximum absolute atomic E-state index is 13.3. The number of benzene rings is 4. The van der Waals surface area contributed by atoms with E-state index in [0.29, 0.717) is 78.6 Å². The number of ether oxygens (including phenoxy) is 5. The van der Waals surface area contributed by atoms with Gasteiger partial charge in [-0.1, -0.05) is 30.2 Å². The Morgan fingerprint density at radius 3 is 2.33 bits per heavy atom. The van der Waals surface area contributed by atoms with Gasteiger partial charge in [0.2, 0.25) is 21.9 Å². The Hall–Kier alpha value is -6.25. The number of anilines is 5. The van der Waals surface area contributed by atoms with Gasteiger partial charge in [-0.25, -0.2) is 18.2 Å². The summed E-state index contributed by atoms with van der Waals surface area (Å²) in [5, 5.41) is 10.3. The van der Waals surface area contributed by atoms with Crippen molar-refractivity contribution in [3.63, 3.8) is 0 Å². The van der Waals surface area contributed by atoms with E-state index in [0.717, 1.165) is 17.5 Å². The van der Waals surface area contributed by atoms with Gasteiger partial charge in [-0.05, 0) is 67.4 Å². The normalized spacial score (nSPS) is 11.5. The molecule has 16 heteroatoms. The Morgan fingerprint density at radius 1 is 0.877 bits per heavy atom. The second kappa shape index (κ2) is 20.1. The number of terminal acetylenes is 1. The van der Waals surface area contributed by atoms with Crippen molar-refractivity contribution in [3.8, 4) is 29.7 Å². The first-order valence-corrected chi connectivity index (χ1v) is 19.7. The first kappa shape index (κ1) is 41.9. The lowest BCUT2D eigenvalue weighted by Crippen LogP contribution is -2.20. The lowest BCUT2D eigenvalue weighted by atomic mass is 10.1. The van der Waals surface area contributed by atoms with Gasteiger partial charge < -0.3 is 39.6 Å². The highest BCUT2D eigenvalue weighted by atomic mass is 32.2. The highest BCUT2D eigenvalue weighted by Crippen LogP contribution is 2.37. The number of aromatic nitrogens is 2. The molecule has 0 saturated carbocycles. The molecule has 0 spiro atoms. The summed E-state index contributed by atoms with van der Waals surface area (Å²) < 4.78 is 54.0. The number of carbonyl (C=O) groups excluding carboxylic acids is 1. The smallest absolute Gasteiger partial charge is 0.323 e. The predicted molar refractivity (Wildman–Crippen MR) is 223 cm³/mol. The molecule has 0 unspecified atom stereocenters. The third-order valence-electron chi connectivity index (χ3n) is 8.12. The van der Waals surface area contributed by atoms with Crippen LogP contribution in [0.2, 0.25) is 0 Å². The van der Waals surface area contributed by atoms with Crippen LogP contribution in [0, 0.1) is 19.3 Å². The van der Waals surface area contributed by atoms with E-state index < -0.39 is 16.1 Å². The van der Waals surface area contributed by atoms with Crippen molar-refractivity contribution < 1.29 is 36.9 Å². The van der Waals surface area contributed by atoms with Crippen LogP contribution < -0.4 is 30.1 Å². The monoisotopic (exact) mass is 795 g/mol. The van der Waals surface area contributed by atoms with Gasteiger partial charge in [-0.3, -0.25) is 9.71 Å². The Balaban J connectivity index is 1.27. The molecule has 57 heavy (non-hydrogen) atoms. The minimum Gasteiger partial charge on any atom is -0.492 e. The topological polar surface area (TPSA) is 184 Å². The third kappa shape index (κ3) is 12.4. The van der Waals surface area contributed by atoms with Crippen molar-refractivity contribution >= 4 is 61.2 Å². The van der Waals surface area contributed by atoms with Crippen LogP contribution in [0.15, 0.2) is 84.0 Å². The average Bonchev–Trinajstić information content (AvgIpc) is 3.17. The molecular weight excluding hydrogens is 751 g/mol. The number of urea groups is 1. The van der Waals surface area contributed by atoms with E-state index in [2.05, 4.69) is 41.6 Å². The molecule has 0 aliphatic carbocycles. The Bertz CT molecular complexity index is 2380. The van der Waals surface area contributed by atoms with Crippen LogP contribution in [0.5, 0.6) is 17.4 Å². The molecule has 298 valence electrons. The molecule has 0 atom stereocenters. The summed E-state index contributed by atoms with van der Waals surface area (Å²) in [6.07, 6.45) is 8.40. The van der Waals surface area contributed by atoms with Crippen LogP contribution in [-0.2, 0) is 24.2 Å². The van der Waals surface area contributed by atoms with Crippen molar-refractivity contribution in [2.75, 3.05) is 80.7 Å². The molecule has 1 aromatic heterocycles. The summed E-state index contributed by atoms with van der Waals surface area (Å²) in [7, 11) is -0.585. The molecule has 0 aliphatic rings. The number of hydrogen-bond acceptors (Lipinski definition) is 12. The van der Waals surface area contributed by atoms with E-state index in [4.69, 9.17) is 30.1 Å². The number of nitrogens with one attached hydrogen (secondary N) is 4. The van der Waals surface area contributed by atoms with Crippen LogP contribution in [0.3, 0.4) is 0 Å². The number of amides is 2. The summed E-state index contributed by atoms with van der Waals surface area (Å²) in [6.45, 7) is 6.65. The molecule has 4 aromatic carbocycles. The van der Waals surface area contributed by atoms with Gasteiger partial charge in [0.15, 0.2) is 5.75 Å². The quantitative estimate of drug-likeness (QED) is 0.0385. The number of nitrogens with zero attached hydrogens (tertiary/aromatic N) is 3. The molecule has 15 nitrogen and oxygen atoms in total. The number of rotatable bonds is 19. The van der Waals surface area contributed by atoms with E-state index in [1.165, 1.54) is 7.11 Å². The summed E-state index contributed by atoms with van der Waals surface area (Å²) in [4.78, 5) is 26.9. The van der Waals surface area contributed by atoms with E-state index in [1.54, 1.807) is 50.6 Å². The molecule has 5 aromatic rings. The number of fused-ring (bicyclic) bond motifs is 1. The molecule has 4 N–H and O–H groups in total. The van der Waals surface area contributed by atoms with Gasteiger partial charge in [-0.15, -0.1) is 6.42 Å². The summed E-state index contributed by atoms with van der Waals surface area (Å²) >= 11 is 0. The van der Waals surface area contributed by atoms with E-state index in [-0.39, 0.29) is 29.0 Å².